The summed E-state index contributed by atoms with van der Waals surface area (Å²) in [4.78, 5) is 19.1. The number of nitrogens with one attached hydrogen (secondary N) is 1. The highest BCUT2D eigenvalue weighted by Crippen LogP contribution is 2.13. The van der Waals surface area contributed by atoms with E-state index in [0.717, 1.165) is 10.7 Å². The maximum atomic E-state index is 10.9. The number of rotatable bonds is 4. The molecule has 1 aromatic heterocycles. The number of carbonyl (C=O) groups excluding carboxylic acids is 1. The van der Waals surface area contributed by atoms with E-state index in [0.29, 0.717) is 6.54 Å². The molecular formula is C8H10ClN3OS. The van der Waals surface area contributed by atoms with Crippen LogP contribution < -0.4 is 5.32 Å². The van der Waals surface area contributed by atoms with E-state index >= 15 is 0 Å². The van der Waals surface area contributed by atoms with E-state index < -0.39 is 0 Å². The smallest absolute Gasteiger partial charge is 0.235 e. The van der Waals surface area contributed by atoms with Crippen LogP contribution in [0.3, 0.4) is 0 Å². The fourth-order valence-electron chi connectivity index (χ4n) is 0.875. The van der Waals surface area contributed by atoms with Gasteiger partial charge in [-0.05, 0) is 6.26 Å². The molecule has 0 radical (unpaired) electrons. The first kappa shape index (κ1) is 11.3. The molecule has 6 heteroatoms. The van der Waals surface area contributed by atoms with Crippen molar-refractivity contribution in [2.75, 3.05) is 12.1 Å². The largest absolute Gasteiger partial charge is 0.349 e. The highest BCUT2D eigenvalue weighted by molar-refractivity contribution is 7.98. The van der Waals surface area contributed by atoms with Crippen molar-refractivity contribution in [3.63, 3.8) is 0 Å². The fourth-order valence-corrected chi connectivity index (χ4v) is 1.50. The Morgan fingerprint density at radius 1 is 1.57 bits per heavy atom. The van der Waals surface area contributed by atoms with E-state index in [1.54, 1.807) is 12.4 Å². The Labute approximate surface area is 91.5 Å². The van der Waals surface area contributed by atoms with Gasteiger partial charge in [-0.1, -0.05) is 0 Å². The lowest BCUT2D eigenvalue weighted by atomic mass is 10.4. The zero-order valence-electron chi connectivity index (χ0n) is 7.66. The summed E-state index contributed by atoms with van der Waals surface area (Å²) in [5.41, 5.74) is 0.762. The van der Waals surface area contributed by atoms with E-state index in [9.17, 15) is 4.79 Å². The van der Waals surface area contributed by atoms with Crippen LogP contribution in [0.15, 0.2) is 17.4 Å². The molecule has 4 nitrogen and oxygen atoms in total. The lowest BCUT2D eigenvalue weighted by Gasteiger charge is -2.05. The van der Waals surface area contributed by atoms with Gasteiger partial charge in [-0.3, -0.25) is 9.78 Å². The van der Waals surface area contributed by atoms with Crippen molar-refractivity contribution < 1.29 is 4.79 Å². The number of hydrogen-bond donors (Lipinski definition) is 1. The normalized spacial score (nSPS) is 9.86. The summed E-state index contributed by atoms with van der Waals surface area (Å²) in [6.45, 7) is 0.371. The molecular weight excluding hydrogens is 222 g/mol. The lowest BCUT2D eigenvalue weighted by molar-refractivity contribution is -0.118. The maximum absolute atomic E-state index is 10.9. The minimum Gasteiger partial charge on any atom is -0.349 e. The number of halogens is 1. The molecule has 0 aliphatic rings. The summed E-state index contributed by atoms with van der Waals surface area (Å²) >= 11 is 6.84. The molecule has 1 heterocycles. The summed E-state index contributed by atoms with van der Waals surface area (Å²) in [5, 5.41) is 3.46. The van der Waals surface area contributed by atoms with Gasteiger partial charge in [0.1, 0.15) is 10.9 Å². The Kier molecular flexibility index (Phi) is 4.69. The average Bonchev–Trinajstić information content (AvgIpc) is 2.26. The molecule has 1 rings (SSSR count). The molecule has 0 fully saturated rings. The van der Waals surface area contributed by atoms with Gasteiger partial charge in [0.15, 0.2) is 0 Å². The molecule has 0 spiro atoms. The highest BCUT2D eigenvalue weighted by Gasteiger charge is 2.04. The summed E-state index contributed by atoms with van der Waals surface area (Å²) in [7, 11) is 0. The van der Waals surface area contributed by atoms with Gasteiger partial charge in [0.05, 0.1) is 12.2 Å². The molecule has 0 saturated carbocycles. The standard InChI is InChI=1S/C8H10ClN3OS/c1-14-8-6(10-2-3-11-8)5-12-7(13)4-9/h2-3H,4-5H2,1H3,(H,12,13). The minimum absolute atomic E-state index is 0.0329. The molecule has 0 saturated heterocycles. The first-order chi connectivity index (χ1) is 6.77. The molecule has 1 amide bonds. The summed E-state index contributed by atoms with van der Waals surface area (Å²) in [6, 6.07) is 0. The van der Waals surface area contributed by atoms with Crippen LogP contribution in [0, 0.1) is 0 Å². The van der Waals surface area contributed by atoms with Gasteiger partial charge < -0.3 is 5.32 Å². The first-order valence-electron chi connectivity index (χ1n) is 3.94. The van der Waals surface area contributed by atoms with Gasteiger partial charge >= 0.3 is 0 Å². The predicted octanol–water partition coefficient (Wildman–Crippen LogP) is 1.05. The number of amides is 1. The second-order valence-corrected chi connectivity index (χ2v) is 3.48. The van der Waals surface area contributed by atoms with Crippen LogP contribution >= 0.6 is 23.4 Å². The number of hydrogen-bond acceptors (Lipinski definition) is 4. The van der Waals surface area contributed by atoms with Gasteiger partial charge in [0.2, 0.25) is 5.91 Å². The molecule has 0 atom stereocenters. The Morgan fingerprint density at radius 3 is 2.93 bits per heavy atom. The Balaban J connectivity index is 2.61. The van der Waals surface area contributed by atoms with E-state index in [1.165, 1.54) is 11.8 Å². The van der Waals surface area contributed by atoms with Crippen molar-refractivity contribution in [3.05, 3.63) is 18.1 Å². The molecule has 14 heavy (non-hydrogen) atoms. The summed E-state index contributed by atoms with van der Waals surface area (Å²) in [6.07, 6.45) is 5.14. The van der Waals surface area contributed by atoms with Crippen LogP contribution in [0.5, 0.6) is 0 Å². The molecule has 76 valence electrons. The number of alkyl halides is 1. The third-order valence-electron chi connectivity index (χ3n) is 1.50. The monoisotopic (exact) mass is 231 g/mol. The van der Waals surface area contributed by atoms with Crippen LogP contribution in [-0.4, -0.2) is 28.0 Å². The highest BCUT2D eigenvalue weighted by atomic mass is 35.5. The number of nitrogens with zero attached hydrogens (tertiary/aromatic N) is 2. The maximum Gasteiger partial charge on any atom is 0.235 e. The second-order valence-electron chi connectivity index (χ2n) is 2.42. The average molecular weight is 232 g/mol. The molecule has 0 aliphatic heterocycles. The number of thioether (sulfide) groups is 1. The topological polar surface area (TPSA) is 54.9 Å². The predicted molar refractivity (Wildman–Crippen MR) is 56.4 cm³/mol. The van der Waals surface area contributed by atoms with Gasteiger partial charge in [-0.2, -0.15) is 0 Å². The van der Waals surface area contributed by atoms with E-state index in [2.05, 4.69) is 15.3 Å². The summed E-state index contributed by atoms with van der Waals surface area (Å²) in [5.74, 6) is -0.237. The molecule has 0 unspecified atom stereocenters. The third-order valence-corrected chi connectivity index (χ3v) is 2.47. The molecule has 1 aromatic rings. The minimum atomic E-state index is -0.204. The quantitative estimate of drug-likeness (QED) is 0.622. The third kappa shape index (κ3) is 3.16. The van der Waals surface area contributed by atoms with Crippen LogP contribution in [0.4, 0.5) is 0 Å². The van der Waals surface area contributed by atoms with E-state index in [-0.39, 0.29) is 11.8 Å². The Bertz CT molecular complexity index is 321. The number of aromatic nitrogens is 2. The SMILES string of the molecule is CSc1nccnc1CNC(=O)CCl. The Morgan fingerprint density at radius 2 is 2.29 bits per heavy atom. The van der Waals surface area contributed by atoms with Crippen molar-refractivity contribution in [1.29, 1.82) is 0 Å². The summed E-state index contributed by atoms with van der Waals surface area (Å²) < 4.78 is 0. The van der Waals surface area contributed by atoms with E-state index in [1.807, 2.05) is 6.26 Å². The van der Waals surface area contributed by atoms with Crippen molar-refractivity contribution in [1.82, 2.24) is 15.3 Å². The van der Waals surface area contributed by atoms with Gasteiger partial charge in [0, 0.05) is 12.4 Å². The van der Waals surface area contributed by atoms with Crippen molar-refractivity contribution in [2.45, 2.75) is 11.6 Å². The lowest BCUT2D eigenvalue weighted by Crippen LogP contribution is -2.24. The molecule has 0 aliphatic carbocycles. The van der Waals surface area contributed by atoms with Gasteiger partial charge in [-0.15, -0.1) is 23.4 Å². The zero-order chi connectivity index (χ0) is 10.4. The molecule has 1 N–H and O–H groups in total. The second kappa shape index (κ2) is 5.82. The first-order valence-corrected chi connectivity index (χ1v) is 5.70. The number of carbonyl (C=O) groups is 1. The van der Waals surface area contributed by atoms with Crippen LogP contribution in [0.25, 0.3) is 0 Å². The zero-order valence-corrected chi connectivity index (χ0v) is 9.23. The van der Waals surface area contributed by atoms with Gasteiger partial charge in [-0.25, -0.2) is 4.98 Å². The van der Waals surface area contributed by atoms with Crippen LogP contribution in [0.2, 0.25) is 0 Å². The Hall–Kier alpha value is -0.810. The van der Waals surface area contributed by atoms with Gasteiger partial charge in [0.25, 0.3) is 0 Å². The van der Waals surface area contributed by atoms with Crippen molar-refractivity contribution >= 4 is 29.3 Å². The van der Waals surface area contributed by atoms with Crippen molar-refractivity contribution in [3.8, 4) is 0 Å². The molecule has 0 aromatic carbocycles. The van der Waals surface area contributed by atoms with Crippen molar-refractivity contribution in [2.24, 2.45) is 0 Å². The van der Waals surface area contributed by atoms with Crippen LogP contribution in [0.1, 0.15) is 5.69 Å². The fraction of sp³-hybridized carbons (Fsp3) is 0.375. The van der Waals surface area contributed by atoms with E-state index in [4.69, 9.17) is 11.6 Å². The molecule has 0 bridgehead atoms. The van der Waals surface area contributed by atoms with Crippen LogP contribution in [-0.2, 0) is 11.3 Å².